The number of fused-ring (bicyclic) bond motifs is 2. The number of hydrogen-bond acceptors (Lipinski definition) is 4. The monoisotopic (exact) mass is 356 g/mol. The fourth-order valence-corrected chi connectivity index (χ4v) is 5.28. The largest absolute Gasteiger partial charge is 0.508 e. The minimum absolute atomic E-state index is 0.0149. The number of imide groups is 1. The van der Waals surface area contributed by atoms with E-state index in [2.05, 4.69) is 0 Å². The Morgan fingerprint density at radius 2 is 2.04 bits per heavy atom. The molecule has 1 N–H and O–H groups in total. The van der Waals surface area contributed by atoms with Crippen LogP contribution < -0.4 is 0 Å². The molecule has 2 saturated carbocycles. The number of phenols is 1. The third kappa shape index (κ3) is 2.35. The second-order valence-electron chi connectivity index (χ2n) is 8.14. The van der Waals surface area contributed by atoms with Crippen molar-refractivity contribution in [2.24, 2.45) is 17.8 Å². The van der Waals surface area contributed by atoms with Crippen molar-refractivity contribution in [1.29, 1.82) is 0 Å². The Morgan fingerprint density at radius 1 is 1.27 bits per heavy atom. The highest BCUT2D eigenvalue weighted by atomic mass is 16.3. The lowest BCUT2D eigenvalue weighted by molar-refractivity contribution is -0.135. The fourth-order valence-electron chi connectivity index (χ4n) is 5.28. The number of aromatic hydroxyl groups is 1. The molecule has 3 amide bonds. The maximum atomic E-state index is 13.2. The van der Waals surface area contributed by atoms with Gasteiger partial charge in [0.25, 0.3) is 5.91 Å². The van der Waals surface area contributed by atoms with Crippen LogP contribution in [0, 0.1) is 17.8 Å². The van der Waals surface area contributed by atoms with Crippen LogP contribution in [0.25, 0.3) is 0 Å². The molecule has 2 aliphatic carbocycles. The van der Waals surface area contributed by atoms with Crippen LogP contribution in [0.1, 0.15) is 43.0 Å². The van der Waals surface area contributed by atoms with Crippen LogP contribution in [0.2, 0.25) is 0 Å². The summed E-state index contributed by atoms with van der Waals surface area (Å²) in [6, 6.07) is 5.57. The van der Waals surface area contributed by atoms with E-state index in [4.69, 9.17) is 0 Å². The molecule has 4 rings (SSSR count). The van der Waals surface area contributed by atoms with E-state index in [1.807, 2.05) is 6.92 Å². The number of carbonyl (C=O) groups is 3. The SMILES string of the molecule is CN1C(=O)N(CC(=O)c2cccc(O)c2)C(=O)C1(C)C1C[C@H]2CC[C@H]1C2. The van der Waals surface area contributed by atoms with Crippen molar-refractivity contribution in [3.63, 3.8) is 0 Å². The van der Waals surface area contributed by atoms with Crippen LogP contribution in [-0.4, -0.2) is 51.8 Å². The molecule has 1 aliphatic heterocycles. The van der Waals surface area contributed by atoms with Gasteiger partial charge in [-0.05, 0) is 56.1 Å². The number of ketones is 1. The zero-order chi connectivity index (χ0) is 18.6. The summed E-state index contributed by atoms with van der Waals surface area (Å²) in [5, 5.41) is 9.55. The Balaban J connectivity index is 1.57. The van der Waals surface area contributed by atoms with Crippen molar-refractivity contribution in [3.8, 4) is 5.75 Å². The van der Waals surface area contributed by atoms with Crippen LogP contribution >= 0.6 is 0 Å². The summed E-state index contributed by atoms with van der Waals surface area (Å²) in [5.74, 6) is 0.693. The molecule has 0 aromatic heterocycles. The van der Waals surface area contributed by atoms with Crippen LogP contribution in [0.5, 0.6) is 5.75 Å². The Labute approximate surface area is 152 Å². The number of Topliss-reactive ketones (excluding diaryl/α,β-unsaturated/α-hetero) is 1. The summed E-state index contributed by atoms with van der Waals surface area (Å²) < 4.78 is 0. The van der Waals surface area contributed by atoms with E-state index >= 15 is 0 Å². The lowest BCUT2D eigenvalue weighted by atomic mass is 9.74. The number of urea groups is 1. The van der Waals surface area contributed by atoms with Gasteiger partial charge >= 0.3 is 6.03 Å². The molecule has 2 bridgehead atoms. The van der Waals surface area contributed by atoms with E-state index in [0.29, 0.717) is 17.4 Å². The van der Waals surface area contributed by atoms with Gasteiger partial charge < -0.3 is 10.0 Å². The highest BCUT2D eigenvalue weighted by molar-refractivity contribution is 6.11. The van der Waals surface area contributed by atoms with Gasteiger partial charge in [0, 0.05) is 12.6 Å². The molecule has 3 fully saturated rings. The fraction of sp³-hybridized carbons (Fsp3) is 0.550. The number of phenolic OH excluding ortho intramolecular Hbond substituents is 1. The topological polar surface area (TPSA) is 77.9 Å². The summed E-state index contributed by atoms with van der Waals surface area (Å²) in [4.78, 5) is 41.1. The molecule has 3 aliphatic rings. The van der Waals surface area contributed by atoms with E-state index in [0.717, 1.165) is 24.2 Å². The van der Waals surface area contributed by atoms with Crippen molar-refractivity contribution < 1.29 is 19.5 Å². The van der Waals surface area contributed by atoms with Crippen LogP contribution in [0.4, 0.5) is 4.79 Å². The highest BCUT2D eigenvalue weighted by Crippen LogP contribution is 2.54. The number of hydrogen-bond donors (Lipinski definition) is 1. The molecule has 138 valence electrons. The number of amides is 3. The first-order chi connectivity index (χ1) is 12.3. The summed E-state index contributed by atoms with van der Waals surface area (Å²) in [6.07, 6.45) is 4.49. The first-order valence-electron chi connectivity index (χ1n) is 9.24. The second-order valence-corrected chi connectivity index (χ2v) is 8.14. The Bertz CT molecular complexity index is 792. The average Bonchev–Trinajstić information content (AvgIpc) is 3.30. The predicted molar refractivity (Wildman–Crippen MR) is 94.7 cm³/mol. The summed E-state index contributed by atoms with van der Waals surface area (Å²) in [6.45, 7) is 1.57. The average molecular weight is 356 g/mol. The van der Waals surface area contributed by atoms with E-state index < -0.39 is 11.6 Å². The molecule has 1 heterocycles. The van der Waals surface area contributed by atoms with Crippen LogP contribution in [0.15, 0.2) is 24.3 Å². The maximum absolute atomic E-state index is 13.2. The first-order valence-corrected chi connectivity index (χ1v) is 9.24. The van der Waals surface area contributed by atoms with Gasteiger partial charge in [-0.15, -0.1) is 0 Å². The van der Waals surface area contributed by atoms with Gasteiger partial charge in [0.1, 0.15) is 11.3 Å². The molecule has 1 aromatic rings. The van der Waals surface area contributed by atoms with E-state index in [-0.39, 0.29) is 29.9 Å². The standard InChI is InChI=1S/C20H24N2O4/c1-20(16-9-12-6-7-13(16)8-12)18(25)22(19(26)21(20)2)11-17(24)14-4-3-5-15(23)10-14/h3-5,10,12-13,16,23H,6-9,11H2,1-2H3/t12-,13-,16?,20?/m0/s1. The smallest absolute Gasteiger partial charge is 0.327 e. The molecular weight excluding hydrogens is 332 g/mol. The number of rotatable bonds is 4. The quantitative estimate of drug-likeness (QED) is 0.665. The van der Waals surface area contributed by atoms with Gasteiger partial charge in [0.05, 0.1) is 6.54 Å². The van der Waals surface area contributed by atoms with Gasteiger partial charge in [0.15, 0.2) is 5.78 Å². The summed E-state index contributed by atoms with van der Waals surface area (Å²) >= 11 is 0. The zero-order valence-electron chi connectivity index (χ0n) is 15.1. The third-order valence-corrected chi connectivity index (χ3v) is 6.82. The maximum Gasteiger partial charge on any atom is 0.327 e. The lowest BCUT2D eigenvalue weighted by Gasteiger charge is -2.39. The molecule has 1 saturated heterocycles. The Kier molecular flexibility index (Phi) is 3.82. The zero-order valence-corrected chi connectivity index (χ0v) is 15.1. The van der Waals surface area contributed by atoms with Crippen molar-refractivity contribution >= 4 is 17.7 Å². The summed E-state index contributed by atoms with van der Waals surface area (Å²) in [7, 11) is 1.67. The van der Waals surface area contributed by atoms with Gasteiger partial charge in [-0.2, -0.15) is 0 Å². The molecule has 0 spiro atoms. The van der Waals surface area contributed by atoms with Gasteiger partial charge in [-0.1, -0.05) is 18.6 Å². The molecule has 2 unspecified atom stereocenters. The van der Waals surface area contributed by atoms with Crippen molar-refractivity contribution in [1.82, 2.24) is 9.80 Å². The van der Waals surface area contributed by atoms with E-state index in [1.54, 1.807) is 19.2 Å². The molecule has 6 heteroatoms. The normalized spacial score (nSPS) is 33.4. The Morgan fingerprint density at radius 3 is 2.65 bits per heavy atom. The van der Waals surface area contributed by atoms with Crippen molar-refractivity contribution in [3.05, 3.63) is 29.8 Å². The third-order valence-electron chi connectivity index (χ3n) is 6.82. The first kappa shape index (κ1) is 17.1. The lowest BCUT2D eigenvalue weighted by Crippen LogP contribution is -2.53. The minimum Gasteiger partial charge on any atom is -0.508 e. The second kappa shape index (κ2) is 5.83. The predicted octanol–water partition coefficient (Wildman–Crippen LogP) is 2.66. The molecule has 6 nitrogen and oxygen atoms in total. The van der Waals surface area contributed by atoms with Crippen LogP contribution in [0.3, 0.4) is 0 Å². The van der Waals surface area contributed by atoms with Gasteiger partial charge in [-0.25, -0.2) is 4.79 Å². The Hall–Kier alpha value is -2.37. The van der Waals surface area contributed by atoms with E-state index in [9.17, 15) is 19.5 Å². The van der Waals surface area contributed by atoms with Crippen molar-refractivity contribution in [2.75, 3.05) is 13.6 Å². The number of nitrogens with zero attached hydrogens (tertiary/aromatic N) is 2. The highest BCUT2D eigenvalue weighted by Gasteiger charge is 2.61. The van der Waals surface area contributed by atoms with Gasteiger partial charge in [0.2, 0.25) is 0 Å². The number of carbonyl (C=O) groups excluding carboxylic acids is 3. The molecule has 0 radical (unpaired) electrons. The minimum atomic E-state index is -0.865. The molecular formula is C20H24N2O4. The molecule has 4 atom stereocenters. The number of likely N-dealkylation sites (N-methyl/N-ethyl adjacent to an activating group) is 1. The van der Waals surface area contributed by atoms with Crippen molar-refractivity contribution in [2.45, 2.75) is 38.1 Å². The van der Waals surface area contributed by atoms with Gasteiger partial charge in [-0.3, -0.25) is 14.5 Å². The van der Waals surface area contributed by atoms with E-state index in [1.165, 1.54) is 23.5 Å². The molecule has 1 aromatic carbocycles. The summed E-state index contributed by atoms with van der Waals surface area (Å²) in [5.41, 5.74) is -0.572. The molecule has 26 heavy (non-hydrogen) atoms. The number of benzene rings is 1. The van der Waals surface area contributed by atoms with Crippen LogP contribution in [-0.2, 0) is 4.79 Å².